The lowest BCUT2D eigenvalue weighted by atomic mass is 9.82. The van der Waals surface area contributed by atoms with E-state index in [0.29, 0.717) is 46.7 Å². The minimum atomic E-state index is -1.27. The van der Waals surface area contributed by atoms with Crippen LogP contribution < -0.4 is 10.1 Å². The lowest BCUT2D eigenvalue weighted by molar-refractivity contribution is -0.129. The van der Waals surface area contributed by atoms with Crippen LogP contribution in [0.15, 0.2) is 77.8 Å². The maximum absolute atomic E-state index is 14.0. The highest BCUT2D eigenvalue weighted by atomic mass is 35.5. The van der Waals surface area contributed by atoms with Gasteiger partial charge < -0.3 is 19.9 Å². The van der Waals surface area contributed by atoms with Crippen molar-refractivity contribution in [2.75, 3.05) is 13.2 Å². The third-order valence-corrected chi connectivity index (χ3v) is 7.07. The molecule has 2 N–H and O–H groups in total. The van der Waals surface area contributed by atoms with E-state index in [0.717, 1.165) is 24.0 Å². The number of carbonyl (C=O) groups excluding carboxylic acids is 1. The summed E-state index contributed by atoms with van der Waals surface area (Å²) in [6.45, 7) is 0.496. The summed E-state index contributed by atoms with van der Waals surface area (Å²) in [5, 5.41) is 13.1. The van der Waals surface area contributed by atoms with E-state index in [4.69, 9.17) is 42.8 Å². The smallest absolute Gasteiger partial charge is 0.252 e. The van der Waals surface area contributed by atoms with Crippen LogP contribution in [0.4, 0.5) is 0 Å². The van der Waals surface area contributed by atoms with Crippen LogP contribution in [0, 0.1) is 0 Å². The van der Waals surface area contributed by atoms with Gasteiger partial charge in [0.15, 0.2) is 11.6 Å². The van der Waals surface area contributed by atoms with Crippen LogP contribution in [0.1, 0.15) is 42.1 Å². The Hall–Kier alpha value is -3.06. The first-order valence-electron chi connectivity index (χ1n) is 12.4. The van der Waals surface area contributed by atoms with Crippen LogP contribution >= 0.6 is 23.2 Å². The van der Waals surface area contributed by atoms with E-state index in [-0.39, 0.29) is 18.6 Å². The minimum Gasteiger partial charge on any atom is -0.494 e. The van der Waals surface area contributed by atoms with Crippen LogP contribution in [0.25, 0.3) is 0 Å². The Bertz CT molecular complexity index is 1280. The first kappa shape index (κ1) is 25.6. The van der Waals surface area contributed by atoms with Gasteiger partial charge in [0.25, 0.3) is 5.91 Å². The summed E-state index contributed by atoms with van der Waals surface area (Å²) in [6.07, 6.45) is 2.04. The average molecular weight is 539 g/mol. The zero-order valence-corrected chi connectivity index (χ0v) is 21.7. The minimum absolute atomic E-state index is 0.0732. The molecule has 1 saturated carbocycles. The standard InChI is InChI=1S/C29H28Cl2N2O4/c30-21-9-14-24(25(31)17-21)26-29(28(35)32-22-10-11-22,18-19-5-2-1-3-6-19)33-27(37-26)20-7-12-23(13-8-20)36-16-4-15-34/h1-3,5-9,12-14,17,22,26,34H,4,10-11,15-16,18H2,(H,32,35)/t26-,29-/m1/s1. The molecule has 3 aromatic carbocycles. The number of aliphatic hydroxyl groups is 1. The number of amides is 1. The molecular formula is C29H28Cl2N2O4. The highest BCUT2D eigenvalue weighted by molar-refractivity contribution is 6.35. The number of nitrogens with zero attached hydrogens (tertiary/aromatic N) is 1. The SMILES string of the molecule is O=C(NC1CC1)[C@]1(Cc2ccccc2)N=C(c2ccc(OCCCO)cc2)O[C@@H]1c1ccc(Cl)cc1Cl. The zero-order valence-electron chi connectivity index (χ0n) is 20.2. The molecule has 1 amide bonds. The van der Waals surface area contributed by atoms with Gasteiger partial charge in [-0.15, -0.1) is 0 Å². The molecule has 1 aliphatic heterocycles. The molecule has 0 aromatic heterocycles. The van der Waals surface area contributed by atoms with Crippen molar-refractivity contribution >= 4 is 35.0 Å². The number of ether oxygens (including phenoxy) is 2. The summed E-state index contributed by atoms with van der Waals surface area (Å²) < 4.78 is 12.1. The predicted octanol–water partition coefficient (Wildman–Crippen LogP) is 5.53. The fourth-order valence-corrected chi connectivity index (χ4v) is 4.93. The number of aliphatic hydroxyl groups excluding tert-OH is 1. The molecule has 2 atom stereocenters. The predicted molar refractivity (Wildman–Crippen MR) is 145 cm³/mol. The Labute approximate surface area is 226 Å². The van der Waals surface area contributed by atoms with Crippen LogP contribution in [-0.2, 0) is 16.0 Å². The van der Waals surface area contributed by atoms with Gasteiger partial charge in [-0.1, -0.05) is 59.6 Å². The molecule has 1 fully saturated rings. The van der Waals surface area contributed by atoms with E-state index in [9.17, 15) is 4.79 Å². The van der Waals surface area contributed by atoms with Gasteiger partial charge in [-0.05, 0) is 54.8 Å². The maximum Gasteiger partial charge on any atom is 0.252 e. The topological polar surface area (TPSA) is 80.2 Å². The second-order valence-electron chi connectivity index (χ2n) is 9.37. The largest absolute Gasteiger partial charge is 0.494 e. The number of halogens is 2. The van der Waals surface area contributed by atoms with Crippen molar-refractivity contribution in [3.63, 3.8) is 0 Å². The van der Waals surface area contributed by atoms with Gasteiger partial charge in [0, 0.05) is 46.7 Å². The molecule has 1 aliphatic carbocycles. The first-order valence-corrected chi connectivity index (χ1v) is 13.1. The van der Waals surface area contributed by atoms with Crippen molar-refractivity contribution in [1.82, 2.24) is 5.32 Å². The summed E-state index contributed by atoms with van der Waals surface area (Å²) in [5.41, 5.74) is 1.06. The molecule has 37 heavy (non-hydrogen) atoms. The van der Waals surface area contributed by atoms with E-state index in [1.807, 2.05) is 54.6 Å². The van der Waals surface area contributed by atoms with Gasteiger partial charge in [-0.3, -0.25) is 4.79 Å². The van der Waals surface area contributed by atoms with E-state index in [1.54, 1.807) is 18.2 Å². The number of hydrogen-bond donors (Lipinski definition) is 2. The van der Waals surface area contributed by atoms with Crippen molar-refractivity contribution in [1.29, 1.82) is 0 Å². The Morgan fingerprint density at radius 3 is 2.51 bits per heavy atom. The highest BCUT2D eigenvalue weighted by Crippen LogP contribution is 2.45. The van der Waals surface area contributed by atoms with Gasteiger partial charge >= 0.3 is 0 Å². The van der Waals surface area contributed by atoms with Crippen LogP contribution in [-0.4, -0.2) is 41.7 Å². The van der Waals surface area contributed by atoms with Crippen LogP contribution in [0.5, 0.6) is 5.75 Å². The molecule has 0 unspecified atom stereocenters. The number of nitrogens with one attached hydrogen (secondary N) is 1. The molecule has 1 heterocycles. The molecule has 0 saturated heterocycles. The van der Waals surface area contributed by atoms with Crippen molar-refractivity contribution in [2.24, 2.45) is 4.99 Å². The molecular weight excluding hydrogens is 511 g/mol. The normalized spacial score (nSPS) is 20.7. The maximum atomic E-state index is 14.0. The molecule has 8 heteroatoms. The number of benzene rings is 3. The fraction of sp³-hybridized carbons (Fsp3) is 0.310. The number of hydrogen-bond acceptors (Lipinski definition) is 5. The van der Waals surface area contributed by atoms with Crippen molar-refractivity contribution in [2.45, 2.75) is 43.4 Å². The lowest BCUT2D eigenvalue weighted by Gasteiger charge is -2.31. The van der Waals surface area contributed by atoms with Crippen LogP contribution in [0.2, 0.25) is 10.0 Å². The van der Waals surface area contributed by atoms with E-state index in [2.05, 4.69) is 5.32 Å². The first-order chi connectivity index (χ1) is 18.0. The van der Waals surface area contributed by atoms with E-state index >= 15 is 0 Å². The second kappa shape index (κ2) is 11.1. The van der Waals surface area contributed by atoms with Crippen LogP contribution in [0.3, 0.4) is 0 Å². The number of rotatable bonds is 10. The average Bonchev–Trinajstić information content (AvgIpc) is 3.64. The molecule has 0 bridgehead atoms. The fourth-order valence-electron chi connectivity index (χ4n) is 4.42. The van der Waals surface area contributed by atoms with E-state index < -0.39 is 11.6 Å². The van der Waals surface area contributed by atoms with Crippen molar-refractivity contribution in [3.8, 4) is 5.75 Å². The summed E-state index contributed by atoms with van der Waals surface area (Å²) >= 11 is 12.8. The second-order valence-corrected chi connectivity index (χ2v) is 10.2. The van der Waals surface area contributed by atoms with Crippen molar-refractivity contribution in [3.05, 3.63) is 99.5 Å². The Morgan fingerprint density at radius 1 is 1.08 bits per heavy atom. The highest BCUT2D eigenvalue weighted by Gasteiger charge is 2.54. The molecule has 0 radical (unpaired) electrons. The number of carbonyl (C=O) groups is 1. The lowest BCUT2D eigenvalue weighted by Crippen LogP contribution is -2.50. The Balaban J connectivity index is 1.56. The quantitative estimate of drug-likeness (QED) is 0.332. The van der Waals surface area contributed by atoms with E-state index in [1.165, 1.54) is 0 Å². The third-order valence-electron chi connectivity index (χ3n) is 6.50. The van der Waals surface area contributed by atoms with Gasteiger partial charge in [-0.25, -0.2) is 4.99 Å². The zero-order chi connectivity index (χ0) is 25.8. The summed E-state index contributed by atoms with van der Waals surface area (Å²) in [5.74, 6) is 0.851. The third kappa shape index (κ3) is 5.77. The summed E-state index contributed by atoms with van der Waals surface area (Å²) in [4.78, 5) is 19.0. The van der Waals surface area contributed by atoms with Gasteiger partial charge in [0.2, 0.25) is 5.90 Å². The monoisotopic (exact) mass is 538 g/mol. The summed E-state index contributed by atoms with van der Waals surface area (Å²) in [7, 11) is 0. The van der Waals surface area contributed by atoms with Gasteiger partial charge in [-0.2, -0.15) is 0 Å². The van der Waals surface area contributed by atoms with Crippen molar-refractivity contribution < 1.29 is 19.4 Å². The molecule has 6 nitrogen and oxygen atoms in total. The Morgan fingerprint density at radius 2 is 1.84 bits per heavy atom. The molecule has 3 aromatic rings. The Kier molecular flexibility index (Phi) is 7.70. The molecule has 0 spiro atoms. The van der Waals surface area contributed by atoms with Gasteiger partial charge in [0.05, 0.1) is 6.61 Å². The number of aliphatic imine (C=N–C) groups is 1. The molecule has 2 aliphatic rings. The molecule has 5 rings (SSSR count). The summed E-state index contributed by atoms with van der Waals surface area (Å²) in [6, 6.07) is 22.5. The van der Waals surface area contributed by atoms with Gasteiger partial charge in [0.1, 0.15) is 5.75 Å². The molecule has 192 valence electrons.